The summed E-state index contributed by atoms with van der Waals surface area (Å²) in [6, 6.07) is 4.10. The molecular formula is C16H29N3O. The topological polar surface area (TPSA) is 45.6 Å². The fraction of sp³-hybridized carbons (Fsp3) is 0.750. The predicted octanol–water partition coefficient (Wildman–Crippen LogP) is 2.22. The summed E-state index contributed by atoms with van der Waals surface area (Å²) in [5, 5.41) is 0. The van der Waals surface area contributed by atoms with Crippen molar-refractivity contribution in [1.82, 2.24) is 9.80 Å². The third-order valence-electron chi connectivity index (χ3n) is 4.71. The minimum Gasteiger partial charge on any atom is -0.465 e. The zero-order valence-corrected chi connectivity index (χ0v) is 13.2. The quantitative estimate of drug-likeness (QED) is 0.867. The van der Waals surface area contributed by atoms with E-state index in [1.807, 2.05) is 13.0 Å². The highest BCUT2D eigenvalue weighted by atomic mass is 16.3. The van der Waals surface area contributed by atoms with E-state index < -0.39 is 0 Å². The van der Waals surface area contributed by atoms with Gasteiger partial charge in [-0.05, 0) is 65.0 Å². The first-order valence-corrected chi connectivity index (χ1v) is 7.78. The van der Waals surface area contributed by atoms with Crippen LogP contribution in [0.1, 0.15) is 37.7 Å². The number of nitrogens with two attached hydrogens (primary N) is 1. The lowest BCUT2D eigenvalue weighted by molar-refractivity contribution is 0.0359. The van der Waals surface area contributed by atoms with Crippen LogP contribution in [-0.2, 0) is 6.54 Å². The molecule has 2 N–H and O–H groups in total. The van der Waals surface area contributed by atoms with Crippen LogP contribution in [0.25, 0.3) is 0 Å². The van der Waals surface area contributed by atoms with Crippen LogP contribution in [-0.4, -0.2) is 48.6 Å². The summed E-state index contributed by atoms with van der Waals surface area (Å²) in [4.78, 5) is 4.95. The number of hydrogen-bond donors (Lipinski definition) is 1. The number of likely N-dealkylation sites (N-methyl/N-ethyl adjacent to an activating group) is 1. The fourth-order valence-electron chi connectivity index (χ4n) is 3.22. The van der Waals surface area contributed by atoms with Crippen LogP contribution < -0.4 is 5.73 Å². The summed E-state index contributed by atoms with van der Waals surface area (Å²) in [7, 11) is 2.18. The van der Waals surface area contributed by atoms with E-state index in [4.69, 9.17) is 10.2 Å². The van der Waals surface area contributed by atoms with Gasteiger partial charge < -0.3 is 15.1 Å². The normalized spacial score (nSPS) is 19.6. The molecule has 4 nitrogen and oxygen atoms in total. The number of likely N-dealkylation sites (tertiary alicyclic amines) is 1. The third kappa shape index (κ3) is 3.43. The van der Waals surface area contributed by atoms with Gasteiger partial charge in [0.05, 0.1) is 6.54 Å². The number of furan rings is 1. The molecule has 2 heterocycles. The van der Waals surface area contributed by atoms with Crippen molar-refractivity contribution >= 4 is 0 Å². The van der Waals surface area contributed by atoms with Crippen molar-refractivity contribution in [3.8, 4) is 0 Å². The van der Waals surface area contributed by atoms with Crippen molar-refractivity contribution in [2.75, 3.05) is 33.2 Å². The molecule has 0 atom stereocenters. The molecule has 0 aromatic carbocycles. The van der Waals surface area contributed by atoms with Gasteiger partial charge in [0.25, 0.3) is 0 Å². The van der Waals surface area contributed by atoms with Crippen LogP contribution in [0.2, 0.25) is 0 Å². The van der Waals surface area contributed by atoms with E-state index in [0.29, 0.717) is 0 Å². The second kappa shape index (κ2) is 6.74. The van der Waals surface area contributed by atoms with Crippen LogP contribution in [0.3, 0.4) is 0 Å². The molecule has 0 amide bonds. The number of piperidine rings is 1. The molecule has 0 unspecified atom stereocenters. The van der Waals surface area contributed by atoms with Gasteiger partial charge in [-0.2, -0.15) is 0 Å². The lowest BCUT2D eigenvalue weighted by Gasteiger charge is -2.46. The van der Waals surface area contributed by atoms with Crippen LogP contribution in [0.15, 0.2) is 16.5 Å². The van der Waals surface area contributed by atoms with Gasteiger partial charge in [0, 0.05) is 12.1 Å². The van der Waals surface area contributed by atoms with Crippen LogP contribution >= 0.6 is 0 Å². The molecule has 1 fully saturated rings. The maximum atomic E-state index is 6.13. The molecule has 1 aromatic rings. The number of nitrogens with zero attached hydrogens (tertiary/aromatic N) is 2. The van der Waals surface area contributed by atoms with Gasteiger partial charge in [-0.15, -0.1) is 0 Å². The van der Waals surface area contributed by atoms with Gasteiger partial charge in [-0.3, -0.25) is 4.90 Å². The van der Waals surface area contributed by atoms with Gasteiger partial charge in [0.2, 0.25) is 0 Å². The maximum Gasteiger partial charge on any atom is 0.118 e. The van der Waals surface area contributed by atoms with Gasteiger partial charge in [0.15, 0.2) is 0 Å². The highest BCUT2D eigenvalue weighted by Gasteiger charge is 2.36. The Morgan fingerprint density at radius 3 is 2.55 bits per heavy atom. The van der Waals surface area contributed by atoms with Crippen molar-refractivity contribution in [1.29, 1.82) is 0 Å². The molecule has 4 heteroatoms. The largest absolute Gasteiger partial charge is 0.465 e. The van der Waals surface area contributed by atoms with Gasteiger partial charge in [-0.25, -0.2) is 0 Å². The summed E-state index contributed by atoms with van der Waals surface area (Å²) >= 11 is 0. The van der Waals surface area contributed by atoms with Crippen molar-refractivity contribution in [3.05, 3.63) is 23.7 Å². The number of hydrogen-bond acceptors (Lipinski definition) is 4. The van der Waals surface area contributed by atoms with Crippen molar-refractivity contribution in [2.24, 2.45) is 5.73 Å². The minimum absolute atomic E-state index is 0.130. The molecule has 2 rings (SSSR count). The van der Waals surface area contributed by atoms with Crippen molar-refractivity contribution in [3.63, 3.8) is 0 Å². The lowest BCUT2D eigenvalue weighted by atomic mass is 9.85. The summed E-state index contributed by atoms with van der Waals surface area (Å²) in [6.07, 6.45) is 3.54. The lowest BCUT2D eigenvalue weighted by Crippen LogP contribution is -2.57. The Kier molecular flexibility index (Phi) is 5.24. The first kappa shape index (κ1) is 15.5. The molecule has 0 saturated carbocycles. The van der Waals surface area contributed by atoms with Crippen LogP contribution in [0, 0.1) is 6.92 Å². The number of rotatable bonds is 6. The molecule has 20 heavy (non-hydrogen) atoms. The van der Waals surface area contributed by atoms with Gasteiger partial charge in [-0.1, -0.05) is 6.92 Å². The average molecular weight is 279 g/mol. The molecule has 0 spiro atoms. The highest BCUT2D eigenvalue weighted by molar-refractivity contribution is 5.07. The van der Waals surface area contributed by atoms with E-state index in [1.165, 1.54) is 13.0 Å². The van der Waals surface area contributed by atoms with Crippen molar-refractivity contribution < 1.29 is 4.42 Å². The van der Waals surface area contributed by atoms with Crippen LogP contribution in [0.4, 0.5) is 0 Å². The molecule has 0 radical (unpaired) electrons. The zero-order valence-electron chi connectivity index (χ0n) is 13.2. The Morgan fingerprint density at radius 2 is 2.05 bits per heavy atom. The Bertz CT molecular complexity index is 408. The monoisotopic (exact) mass is 279 g/mol. The highest BCUT2D eigenvalue weighted by Crippen LogP contribution is 2.28. The van der Waals surface area contributed by atoms with Crippen molar-refractivity contribution in [2.45, 2.75) is 45.2 Å². The molecule has 1 aromatic heterocycles. The van der Waals surface area contributed by atoms with Gasteiger partial charge >= 0.3 is 0 Å². The van der Waals surface area contributed by atoms with E-state index >= 15 is 0 Å². The summed E-state index contributed by atoms with van der Waals surface area (Å²) < 4.78 is 5.70. The standard InChI is InChI=1S/C16H29N3O/c1-4-9-19-10-7-16(13-17,8-11-19)18(3)12-15-6-5-14(2)20-15/h5-6H,4,7-13,17H2,1-3H3. The summed E-state index contributed by atoms with van der Waals surface area (Å²) in [5.74, 6) is 2.02. The smallest absolute Gasteiger partial charge is 0.118 e. The Balaban J connectivity index is 1.96. The zero-order chi connectivity index (χ0) is 14.6. The Morgan fingerprint density at radius 1 is 1.35 bits per heavy atom. The van der Waals surface area contributed by atoms with Crippen LogP contribution in [0.5, 0.6) is 0 Å². The van der Waals surface area contributed by atoms with E-state index in [1.54, 1.807) is 0 Å². The first-order chi connectivity index (χ1) is 9.59. The molecule has 0 bridgehead atoms. The first-order valence-electron chi connectivity index (χ1n) is 7.78. The van der Waals surface area contributed by atoms with E-state index in [0.717, 1.165) is 50.5 Å². The predicted molar refractivity (Wildman–Crippen MR) is 82.7 cm³/mol. The maximum absolute atomic E-state index is 6.13. The second-order valence-corrected chi connectivity index (χ2v) is 6.14. The minimum atomic E-state index is 0.130. The molecule has 0 aliphatic carbocycles. The summed E-state index contributed by atoms with van der Waals surface area (Å²) in [5.41, 5.74) is 6.26. The Labute approximate surface area is 122 Å². The molecule has 1 saturated heterocycles. The van der Waals surface area contributed by atoms with E-state index in [9.17, 15) is 0 Å². The fourth-order valence-corrected chi connectivity index (χ4v) is 3.22. The third-order valence-corrected chi connectivity index (χ3v) is 4.71. The summed E-state index contributed by atoms with van der Waals surface area (Å²) in [6.45, 7) is 9.34. The number of aryl methyl sites for hydroxylation is 1. The van der Waals surface area contributed by atoms with Gasteiger partial charge in [0.1, 0.15) is 11.5 Å². The Hall–Kier alpha value is -0.840. The average Bonchev–Trinajstić information content (AvgIpc) is 2.85. The molecule has 1 aliphatic rings. The molecule has 114 valence electrons. The second-order valence-electron chi connectivity index (χ2n) is 6.14. The molecular weight excluding hydrogens is 250 g/mol. The van der Waals surface area contributed by atoms with E-state index in [2.05, 4.69) is 29.8 Å². The van der Waals surface area contributed by atoms with E-state index in [-0.39, 0.29) is 5.54 Å². The SMILES string of the molecule is CCCN1CCC(CN)(N(C)Cc2ccc(C)o2)CC1. The molecule has 1 aliphatic heterocycles.